The number of hydrogen-bond donors (Lipinski definition) is 1. The van der Waals surface area contributed by atoms with Crippen LogP contribution in [0.3, 0.4) is 0 Å². The SMILES string of the molecule is O=C(CSc1nc2ccccc2c(=O)n1C1CC1)Nc1ccc(Cl)cn1. The van der Waals surface area contributed by atoms with E-state index in [1.165, 1.54) is 18.0 Å². The Morgan fingerprint density at radius 3 is 2.81 bits per heavy atom. The van der Waals surface area contributed by atoms with Crippen LogP contribution in [0.15, 0.2) is 52.5 Å². The summed E-state index contributed by atoms with van der Waals surface area (Å²) in [6.45, 7) is 0. The minimum atomic E-state index is -0.213. The van der Waals surface area contributed by atoms with Crippen LogP contribution in [0.4, 0.5) is 5.82 Å². The average Bonchev–Trinajstić information content (AvgIpc) is 3.47. The number of halogens is 1. The molecule has 1 N–H and O–H groups in total. The van der Waals surface area contributed by atoms with Gasteiger partial charge in [-0.2, -0.15) is 0 Å². The topological polar surface area (TPSA) is 76.9 Å². The van der Waals surface area contributed by atoms with E-state index in [1.54, 1.807) is 22.8 Å². The second-order valence-corrected chi connectivity index (χ2v) is 7.40. The molecule has 0 spiro atoms. The first-order chi connectivity index (χ1) is 12.6. The lowest BCUT2D eigenvalue weighted by atomic mass is 10.2. The molecule has 1 amide bonds. The molecule has 0 atom stereocenters. The number of benzene rings is 1. The van der Waals surface area contributed by atoms with Crippen LogP contribution in [-0.2, 0) is 4.79 Å². The number of para-hydroxylation sites is 1. The Morgan fingerprint density at radius 2 is 2.08 bits per heavy atom. The summed E-state index contributed by atoms with van der Waals surface area (Å²) in [6.07, 6.45) is 3.41. The van der Waals surface area contributed by atoms with Crippen molar-refractivity contribution in [3.05, 3.63) is 58.0 Å². The van der Waals surface area contributed by atoms with Gasteiger partial charge in [-0.25, -0.2) is 9.97 Å². The zero-order valence-electron chi connectivity index (χ0n) is 13.7. The van der Waals surface area contributed by atoms with Crippen LogP contribution in [0.1, 0.15) is 18.9 Å². The van der Waals surface area contributed by atoms with Crippen LogP contribution in [-0.4, -0.2) is 26.2 Å². The highest BCUT2D eigenvalue weighted by Crippen LogP contribution is 2.36. The molecule has 1 saturated carbocycles. The Hall–Kier alpha value is -2.38. The van der Waals surface area contributed by atoms with Crippen LogP contribution in [0.25, 0.3) is 10.9 Å². The molecule has 6 nitrogen and oxygen atoms in total. The highest BCUT2D eigenvalue weighted by molar-refractivity contribution is 7.99. The fourth-order valence-electron chi connectivity index (χ4n) is 2.64. The van der Waals surface area contributed by atoms with Gasteiger partial charge in [0.15, 0.2) is 5.16 Å². The smallest absolute Gasteiger partial charge is 0.262 e. The lowest BCUT2D eigenvalue weighted by molar-refractivity contribution is -0.113. The number of pyridine rings is 1. The second kappa shape index (κ2) is 7.09. The van der Waals surface area contributed by atoms with Crippen LogP contribution < -0.4 is 10.9 Å². The van der Waals surface area contributed by atoms with Crippen molar-refractivity contribution in [3.63, 3.8) is 0 Å². The molecule has 2 heterocycles. The van der Waals surface area contributed by atoms with Gasteiger partial charge in [0.1, 0.15) is 5.82 Å². The molecule has 1 aliphatic carbocycles. The first-order valence-electron chi connectivity index (χ1n) is 8.17. The molecule has 0 aliphatic heterocycles. The van der Waals surface area contributed by atoms with Gasteiger partial charge in [0.25, 0.3) is 5.56 Å². The maximum atomic E-state index is 12.8. The van der Waals surface area contributed by atoms with E-state index in [1.807, 2.05) is 18.2 Å². The summed E-state index contributed by atoms with van der Waals surface area (Å²) in [4.78, 5) is 33.6. The molecular formula is C18H15ClN4O2S. The molecule has 8 heteroatoms. The molecule has 0 bridgehead atoms. The van der Waals surface area contributed by atoms with E-state index < -0.39 is 0 Å². The van der Waals surface area contributed by atoms with Crippen LogP contribution in [0.5, 0.6) is 0 Å². The number of carbonyl (C=O) groups excluding carboxylic acids is 1. The number of anilines is 1. The Morgan fingerprint density at radius 1 is 1.27 bits per heavy atom. The molecule has 3 aromatic rings. The van der Waals surface area contributed by atoms with Gasteiger partial charge in [-0.1, -0.05) is 35.5 Å². The lowest BCUT2D eigenvalue weighted by Gasteiger charge is -2.12. The van der Waals surface area contributed by atoms with Gasteiger partial charge in [-0.05, 0) is 37.1 Å². The predicted octanol–water partition coefficient (Wildman–Crippen LogP) is 3.51. The monoisotopic (exact) mass is 386 g/mol. The third kappa shape index (κ3) is 3.59. The number of amides is 1. The van der Waals surface area contributed by atoms with E-state index in [0.717, 1.165) is 12.8 Å². The van der Waals surface area contributed by atoms with Crippen molar-refractivity contribution < 1.29 is 4.79 Å². The summed E-state index contributed by atoms with van der Waals surface area (Å²) in [5, 5.41) is 4.41. The third-order valence-electron chi connectivity index (χ3n) is 4.01. The molecule has 4 rings (SSSR count). The van der Waals surface area contributed by atoms with Crippen molar-refractivity contribution in [3.8, 4) is 0 Å². The fourth-order valence-corrected chi connectivity index (χ4v) is 3.62. The fraction of sp³-hybridized carbons (Fsp3) is 0.222. The largest absolute Gasteiger partial charge is 0.310 e. The van der Waals surface area contributed by atoms with E-state index in [2.05, 4.69) is 15.3 Å². The van der Waals surface area contributed by atoms with Crippen molar-refractivity contribution in [2.75, 3.05) is 11.1 Å². The number of nitrogens with zero attached hydrogens (tertiary/aromatic N) is 3. The average molecular weight is 387 g/mol. The number of rotatable bonds is 5. The summed E-state index contributed by atoms with van der Waals surface area (Å²) in [5.74, 6) is 0.363. The minimum absolute atomic E-state index is 0.0413. The maximum absolute atomic E-state index is 12.8. The van der Waals surface area contributed by atoms with E-state index in [0.29, 0.717) is 26.9 Å². The van der Waals surface area contributed by atoms with Gasteiger partial charge in [0, 0.05) is 12.2 Å². The molecule has 0 saturated heterocycles. The van der Waals surface area contributed by atoms with E-state index in [4.69, 9.17) is 11.6 Å². The quantitative estimate of drug-likeness (QED) is 0.536. The second-order valence-electron chi connectivity index (χ2n) is 6.02. The predicted molar refractivity (Wildman–Crippen MR) is 103 cm³/mol. The highest BCUT2D eigenvalue weighted by atomic mass is 35.5. The Balaban J connectivity index is 1.55. The first-order valence-corrected chi connectivity index (χ1v) is 9.53. The van der Waals surface area contributed by atoms with Crippen LogP contribution >= 0.6 is 23.4 Å². The summed E-state index contributed by atoms with van der Waals surface area (Å²) in [6, 6.07) is 10.8. The lowest BCUT2D eigenvalue weighted by Crippen LogP contribution is -2.23. The van der Waals surface area contributed by atoms with E-state index in [-0.39, 0.29) is 23.3 Å². The Bertz CT molecular complexity index is 1030. The standard InChI is InChI=1S/C18H15ClN4O2S/c19-11-5-8-15(20-9-11)22-16(24)10-26-18-21-14-4-2-1-3-13(14)17(25)23(18)12-6-7-12/h1-5,8-9,12H,6-7,10H2,(H,20,22,24). The van der Waals surface area contributed by atoms with Crippen LogP contribution in [0.2, 0.25) is 5.02 Å². The number of fused-ring (bicyclic) bond motifs is 1. The zero-order chi connectivity index (χ0) is 18.1. The van der Waals surface area contributed by atoms with Gasteiger partial charge in [0.05, 0.1) is 21.7 Å². The summed E-state index contributed by atoms with van der Waals surface area (Å²) in [7, 11) is 0. The Kier molecular flexibility index (Phi) is 4.65. The Labute approximate surface area is 158 Å². The molecule has 26 heavy (non-hydrogen) atoms. The number of carbonyl (C=O) groups is 1. The molecule has 2 aromatic heterocycles. The number of thioether (sulfide) groups is 1. The van der Waals surface area contributed by atoms with Crippen molar-refractivity contribution in [2.45, 2.75) is 24.0 Å². The summed E-state index contributed by atoms with van der Waals surface area (Å²) in [5.41, 5.74) is 0.608. The maximum Gasteiger partial charge on any atom is 0.262 e. The van der Waals surface area contributed by atoms with Crippen molar-refractivity contribution in [1.29, 1.82) is 0 Å². The van der Waals surface area contributed by atoms with Crippen molar-refractivity contribution in [1.82, 2.24) is 14.5 Å². The van der Waals surface area contributed by atoms with Gasteiger partial charge >= 0.3 is 0 Å². The van der Waals surface area contributed by atoms with Crippen LogP contribution in [0, 0.1) is 0 Å². The molecule has 0 radical (unpaired) electrons. The van der Waals surface area contributed by atoms with Crippen molar-refractivity contribution >= 4 is 46.0 Å². The summed E-state index contributed by atoms with van der Waals surface area (Å²) >= 11 is 7.05. The zero-order valence-corrected chi connectivity index (χ0v) is 15.3. The van der Waals surface area contributed by atoms with Gasteiger partial charge < -0.3 is 5.32 Å². The molecule has 0 unspecified atom stereocenters. The molecule has 1 fully saturated rings. The molecule has 1 aromatic carbocycles. The highest BCUT2D eigenvalue weighted by Gasteiger charge is 2.28. The number of hydrogen-bond acceptors (Lipinski definition) is 5. The van der Waals surface area contributed by atoms with Gasteiger partial charge in [-0.15, -0.1) is 0 Å². The third-order valence-corrected chi connectivity index (χ3v) is 5.19. The van der Waals surface area contributed by atoms with Gasteiger partial charge in [-0.3, -0.25) is 14.2 Å². The number of aromatic nitrogens is 3. The minimum Gasteiger partial charge on any atom is -0.310 e. The molecular weight excluding hydrogens is 372 g/mol. The van der Waals surface area contributed by atoms with Gasteiger partial charge in [0.2, 0.25) is 5.91 Å². The van der Waals surface area contributed by atoms with Crippen molar-refractivity contribution in [2.24, 2.45) is 0 Å². The number of nitrogens with one attached hydrogen (secondary N) is 1. The summed E-state index contributed by atoms with van der Waals surface area (Å²) < 4.78 is 1.72. The normalized spacial score (nSPS) is 13.7. The van der Waals surface area contributed by atoms with E-state index >= 15 is 0 Å². The van der Waals surface area contributed by atoms with E-state index in [9.17, 15) is 9.59 Å². The molecule has 1 aliphatic rings. The first kappa shape index (κ1) is 17.1. The molecule has 132 valence electrons.